The van der Waals surface area contributed by atoms with Gasteiger partial charge in [0, 0.05) is 40.7 Å². The molecule has 0 radical (unpaired) electrons. The van der Waals surface area contributed by atoms with Gasteiger partial charge in [0.05, 0.1) is 19.3 Å². The van der Waals surface area contributed by atoms with Crippen LogP contribution in [0.5, 0.6) is 11.5 Å². The van der Waals surface area contributed by atoms with Crippen molar-refractivity contribution >= 4 is 23.4 Å². The summed E-state index contributed by atoms with van der Waals surface area (Å²) in [6.45, 7) is 2.47. The third-order valence-corrected chi connectivity index (χ3v) is 8.87. The number of benzene rings is 4. The lowest BCUT2D eigenvalue weighted by molar-refractivity contribution is -0.139. The smallest absolute Gasteiger partial charge is 0.336 e. The number of hydrogen-bond acceptors (Lipinski definition) is 6. The van der Waals surface area contributed by atoms with Crippen molar-refractivity contribution in [2.75, 3.05) is 13.7 Å². The lowest BCUT2D eigenvalue weighted by Crippen LogP contribution is -2.36. The highest BCUT2D eigenvalue weighted by Gasteiger charge is 2.41. The van der Waals surface area contributed by atoms with Crippen LogP contribution in [0.25, 0.3) is 0 Å². The second kappa shape index (κ2) is 14.1. The molecule has 234 valence electrons. The Morgan fingerprint density at radius 3 is 2.22 bits per heavy atom. The van der Waals surface area contributed by atoms with E-state index in [0.717, 1.165) is 28.0 Å². The molecule has 0 spiro atoms. The Morgan fingerprint density at radius 1 is 0.848 bits per heavy atom. The number of dihydropyridines is 1. The zero-order valence-electron chi connectivity index (χ0n) is 25.9. The first-order valence-corrected chi connectivity index (χ1v) is 15.8. The van der Waals surface area contributed by atoms with Gasteiger partial charge in [-0.2, -0.15) is 0 Å². The van der Waals surface area contributed by atoms with Crippen molar-refractivity contribution in [1.29, 1.82) is 0 Å². The predicted molar refractivity (Wildman–Crippen MR) is 179 cm³/mol. The van der Waals surface area contributed by atoms with E-state index in [0.29, 0.717) is 59.2 Å². The zero-order valence-corrected chi connectivity index (χ0v) is 26.7. The first-order valence-electron chi connectivity index (χ1n) is 15.5. The van der Waals surface area contributed by atoms with Crippen LogP contribution in [-0.2, 0) is 27.4 Å². The van der Waals surface area contributed by atoms with Crippen LogP contribution < -0.4 is 14.8 Å². The predicted octanol–water partition coefficient (Wildman–Crippen LogP) is 8.08. The molecule has 1 aliphatic heterocycles. The van der Waals surface area contributed by atoms with Gasteiger partial charge in [-0.05, 0) is 65.8 Å². The van der Waals surface area contributed by atoms with Gasteiger partial charge in [0.1, 0.15) is 6.61 Å². The summed E-state index contributed by atoms with van der Waals surface area (Å²) in [5.74, 6) is -0.00412. The number of carbonyl (C=O) groups excluding carboxylic acids is 2. The van der Waals surface area contributed by atoms with Crippen LogP contribution in [0, 0.1) is 0 Å². The van der Waals surface area contributed by atoms with Crippen molar-refractivity contribution in [3.8, 4) is 11.5 Å². The number of allylic oxidation sites excluding steroid dienone is 3. The topological polar surface area (TPSA) is 73.9 Å². The lowest BCUT2D eigenvalue weighted by Gasteiger charge is -2.37. The van der Waals surface area contributed by atoms with Crippen LogP contribution >= 0.6 is 11.6 Å². The standard InChI is InChI=1S/C39H36ClNO5/c1-25-36(39(43)45-20-19-26-9-5-3-6-10-26)37(29-15-18-34(35(23-29)44-2)46-24-27-11-7-4-8-12-27)38-32(41-25)21-30(22-33(38)42)28-13-16-31(40)17-14-28/h3-18,23,30,37,41H,19-22,24H2,1-2H3/t30-,37+/m0/s1. The Labute approximate surface area is 274 Å². The van der Waals surface area contributed by atoms with Gasteiger partial charge < -0.3 is 19.5 Å². The summed E-state index contributed by atoms with van der Waals surface area (Å²) in [6, 6.07) is 33.1. The molecule has 4 aromatic rings. The normalized spacial score (nSPS) is 17.7. The number of rotatable bonds is 10. The molecule has 0 fully saturated rings. The largest absolute Gasteiger partial charge is 0.493 e. The van der Waals surface area contributed by atoms with Gasteiger partial charge in [0.2, 0.25) is 0 Å². The van der Waals surface area contributed by atoms with Crippen molar-refractivity contribution in [3.63, 3.8) is 0 Å². The van der Waals surface area contributed by atoms with Crippen LogP contribution in [0.1, 0.15) is 53.9 Å². The van der Waals surface area contributed by atoms with Gasteiger partial charge in [-0.1, -0.05) is 90.5 Å². The highest BCUT2D eigenvalue weighted by Crippen LogP contribution is 2.47. The maximum Gasteiger partial charge on any atom is 0.336 e. The molecule has 0 aromatic heterocycles. The maximum absolute atomic E-state index is 14.1. The Balaban J connectivity index is 1.33. The number of Topliss-reactive ketones (excluding diaryl/α,β-unsaturated/α-hetero) is 1. The first kappa shape index (κ1) is 31.2. The average molecular weight is 634 g/mol. The third kappa shape index (κ3) is 6.87. The first-order chi connectivity index (χ1) is 22.4. The van der Waals surface area contributed by atoms with Gasteiger partial charge in [-0.15, -0.1) is 0 Å². The molecule has 46 heavy (non-hydrogen) atoms. The summed E-state index contributed by atoms with van der Waals surface area (Å²) >= 11 is 6.14. The van der Waals surface area contributed by atoms with E-state index < -0.39 is 11.9 Å². The maximum atomic E-state index is 14.1. The monoisotopic (exact) mass is 633 g/mol. The molecular weight excluding hydrogens is 598 g/mol. The van der Waals surface area contributed by atoms with Crippen LogP contribution in [0.4, 0.5) is 0 Å². The van der Waals surface area contributed by atoms with E-state index in [-0.39, 0.29) is 18.3 Å². The number of methoxy groups -OCH3 is 1. The number of ether oxygens (including phenoxy) is 3. The summed E-state index contributed by atoms with van der Waals surface area (Å²) in [7, 11) is 1.59. The molecule has 0 bridgehead atoms. The van der Waals surface area contributed by atoms with Gasteiger partial charge in [0.15, 0.2) is 17.3 Å². The molecule has 7 heteroatoms. The van der Waals surface area contributed by atoms with E-state index in [1.54, 1.807) is 7.11 Å². The summed E-state index contributed by atoms with van der Waals surface area (Å²) in [4.78, 5) is 27.9. The van der Waals surface area contributed by atoms with Crippen LogP contribution in [0.3, 0.4) is 0 Å². The fourth-order valence-corrected chi connectivity index (χ4v) is 6.44. The van der Waals surface area contributed by atoms with Gasteiger partial charge in [-0.3, -0.25) is 4.79 Å². The summed E-state index contributed by atoms with van der Waals surface area (Å²) in [5.41, 5.74) is 6.42. The number of carbonyl (C=O) groups is 2. The summed E-state index contributed by atoms with van der Waals surface area (Å²) in [6.07, 6.45) is 1.54. The van der Waals surface area contributed by atoms with Gasteiger partial charge >= 0.3 is 5.97 Å². The Kier molecular flexibility index (Phi) is 9.55. The third-order valence-electron chi connectivity index (χ3n) is 8.61. The van der Waals surface area contributed by atoms with Crippen LogP contribution in [0.15, 0.2) is 126 Å². The van der Waals surface area contributed by atoms with E-state index in [9.17, 15) is 9.59 Å². The molecule has 2 aliphatic rings. The molecule has 1 N–H and O–H groups in total. The quantitative estimate of drug-likeness (QED) is 0.178. The van der Waals surface area contributed by atoms with E-state index in [1.165, 1.54) is 0 Å². The van der Waals surface area contributed by atoms with E-state index >= 15 is 0 Å². The SMILES string of the molecule is COc1cc([C@@H]2C(C(=O)OCCc3ccccc3)=C(C)NC3=C2C(=O)C[C@@H](c2ccc(Cl)cc2)C3)ccc1OCc1ccccc1. The molecular formula is C39H36ClNO5. The fraction of sp³-hybridized carbons (Fsp3) is 0.231. The molecule has 0 amide bonds. The number of hydrogen-bond donors (Lipinski definition) is 1. The van der Waals surface area contributed by atoms with Gasteiger partial charge in [0.25, 0.3) is 0 Å². The second-order valence-corrected chi connectivity index (χ2v) is 12.1. The molecule has 2 atom stereocenters. The lowest BCUT2D eigenvalue weighted by atomic mass is 9.71. The van der Waals surface area contributed by atoms with Crippen molar-refractivity contribution in [3.05, 3.63) is 153 Å². The molecule has 1 heterocycles. The van der Waals surface area contributed by atoms with Crippen LogP contribution in [-0.4, -0.2) is 25.5 Å². The van der Waals surface area contributed by atoms with Crippen molar-refractivity contribution in [2.24, 2.45) is 0 Å². The van der Waals surface area contributed by atoms with Crippen molar-refractivity contribution < 1.29 is 23.8 Å². The summed E-state index contributed by atoms with van der Waals surface area (Å²) in [5, 5.41) is 4.09. The molecule has 0 saturated heterocycles. The molecule has 0 saturated carbocycles. The number of ketones is 1. The molecule has 6 nitrogen and oxygen atoms in total. The Bertz CT molecular complexity index is 1780. The zero-order chi connectivity index (χ0) is 32.0. The van der Waals surface area contributed by atoms with Crippen molar-refractivity contribution in [1.82, 2.24) is 5.32 Å². The molecule has 1 aliphatic carbocycles. The number of nitrogens with one attached hydrogen (secondary N) is 1. The van der Waals surface area contributed by atoms with E-state index in [1.807, 2.05) is 110 Å². The van der Waals surface area contributed by atoms with E-state index in [4.69, 9.17) is 25.8 Å². The second-order valence-electron chi connectivity index (χ2n) is 11.6. The van der Waals surface area contributed by atoms with Crippen molar-refractivity contribution in [2.45, 2.75) is 44.6 Å². The Morgan fingerprint density at radius 2 is 1.52 bits per heavy atom. The highest BCUT2D eigenvalue weighted by atomic mass is 35.5. The Hall–Kier alpha value is -4.81. The average Bonchev–Trinajstić information content (AvgIpc) is 3.07. The molecule has 0 unspecified atom stereocenters. The number of halogens is 1. The number of esters is 1. The molecule has 6 rings (SSSR count). The minimum Gasteiger partial charge on any atom is -0.493 e. The minimum absolute atomic E-state index is 0.00728. The van der Waals surface area contributed by atoms with E-state index in [2.05, 4.69) is 5.32 Å². The highest BCUT2D eigenvalue weighted by molar-refractivity contribution is 6.30. The fourth-order valence-electron chi connectivity index (χ4n) is 6.32. The summed E-state index contributed by atoms with van der Waals surface area (Å²) < 4.78 is 17.7. The van der Waals surface area contributed by atoms with Gasteiger partial charge in [-0.25, -0.2) is 4.79 Å². The molecule has 4 aromatic carbocycles. The minimum atomic E-state index is -0.629. The van der Waals surface area contributed by atoms with Crippen LogP contribution in [0.2, 0.25) is 5.02 Å².